The lowest BCUT2D eigenvalue weighted by molar-refractivity contribution is 0.325. The number of hydrogen-bond donors (Lipinski definition) is 0. The van der Waals surface area contributed by atoms with Crippen molar-refractivity contribution in [2.75, 3.05) is 0 Å². The molecule has 1 unspecified atom stereocenters. The summed E-state index contributed by atoms with van der Waals surface area (Å²) in [5, 5.41) is 0. The van der Waals surface area contributed by atoms with Crippen molar-refractivity contribution in [1.82, 2.24) is 0 Å². The summed E-state index contributed by atoms with van der Waals surface area (Å²) in [6.45, 7) is 22.0. The van der Waals surface area contributed by atoms with Gasteiger partial charge in [0.1, 0.15) is 0 Å². The molecule has 0 radical (unpaired) electrons. The first-order valence-corrected chi connectivity index (χ1v) is 18.9. The van der Waals surface area contributed by atoms with Gasteiger partial charge in [-0.2, -0.15) is 0 Å². The molecule has 0 rings (SSSR count). The Morgan fingerprint density at radius 3 is 1.09 bits per heavy atom. The van der Waals surface area contributed by atoms with Crippen LogP contribution in [0.2, 0.25) is 65.0 Å². The summed E-state index contributed by atoms with van der Waals surface area (Å²) in [5.41, 5.74) is 0. The van der Waals surface area contributed by atoms with Crippen LogP contribution in [0.25, 0.3) is 0 Å². The van der Waals surface area contributed by atoms with Crippen LogP contribution in [0.3, 0.4) is 0 Å². The Balaban J connectivity index is -0.000000241. The van der Waals surface area contributed by atoms with E-state index in [9.17, 15) is 0 Å². The molecule has 0 spiro atoms. The number of hydrogen-bond acceptors (Lipinski definition) is 3. The minimum absolute atomic E-state index is 0. The maximum absolute atomic E-state index is 6.43. The largest absolute Gasteiger partial charge is 0.437 e. The van der Waals surface area contributed by atoms with Crippen molar-refractivity contribution in [3.63, 3.8) is 0 Å². The van der Waals surface area contributed by atoms with E-state index in [1.807, 2.05) is 0 Å². The standard InChI is InChI=1S/C11H32O3Si4.4CH4/c1-11-18(10,13-16(5,6)7)14-17(8,9)12-15(2,3)4;;;;/h11H2,1-10H3;4*1H4. The van der Waals surface area contributed by atoms with E-state index in [2.05, 4.69) is 65.8 Å². The van der Waals surface area contributed by atoms with Crippen LogP contribution in [-0.2, 0) is 12.3 Å². The summed E-state index contributed by atoms with van der Waals surface area (Å²) < 4.78 is 19.0. The van der Waals surface area contributed by atoms with Crippen molar-refractivity contribution >= 4 is 33.8 Å². The van der Waals surface area contributed by atoms with Gasteiger partial charge in [-0.3, -0.25) is 0 Å². The Kier molecular flexibility index (Phi) is 17.6. The molecule has 0 saturated carbocycles. The molecule has 0 amide bonds. The second kappa shape index (κ2) is 11.3. The topological polar surface area (TPSA) is 27.7 Å². The monoisotopic (exact) mass is 388 g/mol. The minimum Gasteiger partial charge on any atom is -0.437 e. The zero-order valence-corrected chi connectivity index (χ0v) is 17.9. The normalized spacial score (nSPS) is 14.5. The molecule has 0 aliphatic rings. The SMILES string of the molecule is C.C.C.C.CC[Si](C)(O[Si](C)(C)C)O[Si](C)(C)O[Si](C)(C)C. The van der Waals surface area contributed by atoms with Gasteiger partial charge in [0.2, 0.25) is 0 Å². The Bertz CT molecular complexity index is 273. The average molecular weight is 389 g/mol. The molecular weight excluding hydrogens is 341 g/mol. The first-order valence-electron chi connectivity index (χ1n) is 6.79. The van der Waals surface area contributed by atoms with E-state index in [-0.39, 0.29) is 29.7 Å². The fourth-order valence-corrected chi connectivity index (χ4v) is 19.6. The van der Waals surface area contributed by atoms with Crippen molar-refractivity contribution in [2.24, 2.45) is 0 Å². The van der Waals surface area contributed by atoms with E-state index in [1.165, 1.54) is 0 Å². The van der Waals surface area contributed by atoms with E-state index in [0.717, 1.165) is 6.04 Å². The summed E-state index contributed by atoms with van der Waals surface area (Å²) in [4.78, 5) is 0. The van der Waals surface area contributed by atoms with Gasteiger partial charge in [-0.15, -0.1) is 0 Å². The highest BCUT2D eigenvalue weighted by Crippen LogP contribution is 2.26. The van der Waals surface area contributed by atoms with Crippen LogP contribution < -0.4 is 0 Å². The molecule has 3 nitrogen and oxygen atoms in total. The van der Waals surface area contributed by atoms with Crippen LogP contribution in [-0.4, -0.2) is 33.8 Å². The van der Waals surface area contributed by atoms with E-state index in [0.29, 0.717) is 0 Å². The van der Waals surface area contributed by atoms with Gasteiger partial charge in [-0.25, -0.2) is 0 Å². The molecule has 0 fully saturated rings. The highest BCUT2D eigenvalue weighted by Gasteiger charge is 2.43. The predicted octanol–water partition coefficient (Wildman–Crippen LogP) is 7.04. The van der Waals surface area contributed by atoms with Crippen molar-refractivity contribution in [3.8, 4) is 0 Å². The molecule has 0 N–H and O–H groups in total. The van der Waals surface area contributed by atoms with E-state index in [4.69, 9.17) is 12.3 Å². The molecule has 0 saturated heterocycles. The van der Waals surface area contributed by atoms with Crippen molar-refractivity contribution < 1.29 is 12.3 Å². The molecule has 0 aliphatic carbocycles. The van der Waals surface area contributed by atoms with Crippen molar-refractivity contribution in [3.05, 3.63) is 0 Å². The van der Waals surface area contributed by atoms with Gasteiger partial charge in [0.05, 0.1) is 0 Å². The lowest BCUT2D eigenvalue weighted by Crippen LogP contribution is -2.56. The highest BCUT2D eigenvalue weighted by atomic mass is 28.5. The molecule has 0 aliphatic heterocycles. The van der Waals surface area contributed by atoms with Crippen molar-refractivity contribution in [2.45, 2.75) is 102 Å². The fourth-order valence-electron chi connectivity index (χ4n) is 2.09. The third-order valence-electron chi connectivity index (χ3n) is 2.18. The van der Waals surface area contributed by atoms with Crippen LogP contribution in [0.4, 0.5) is 0 Å². The van der Waals surface area contributed by atoms with Gasteiger partial charge in [0.25, 0.3) is 0 Å². The third-order valence-corrected chi connectivity index (χ3v) is 15.7. The molecule has 7 heteroatoms. The summed E-state index contributed by atoms with van der Waals surface area (Å²) in [6.07, 6.45) is 0. The second-order valence-corrected chi connectivity index (χ2v) is 24.1. The molecule has 142 valence electrons. The average Bonchev–Trinajstić information content (AvgIpc) is 1.93. The summed E-state index contributed by atoms with van der Waals surface area (Å²) in [7, 11) is -7.25. The summed E-state index contributed by atoms with van der Waals surface area (Å²) in [6, 6.07) is 0.989. The zero-order chi connectivity index (χ0) is 14.8. The van der Waals surface area contributed by atoms with Gasteiger partial charge in [-0.05, 0) is 65.0 Å². The van der Waals surface area contributed by atoms with Crippen LogP contribution in [0, 0.1) is 0 Å². The third kappa shape index (κ3) is 17.1. The Morgan fingerprint density at radius 2 is 0.864 bits per heavy atom. The van der Waals surface area contributed by atoms with Crippen LogP contribution >= 0.6 is 0 Å². The Morgan fingerprint density at radius 1 is 0.545 bits per heavy atom. The molecule has 22 heavy (non-hydrogen) atoms. The summed E-state index contributed by atoms with van der Waals surface area (Å²) in [5.74, 6) is 0. The van der Waals surface area contributed by atoms with Crippen LogP contribution in [0.5, 0.6) is 0 Å². The van der Waals surface area contributed by atoms with Gasteiger partial charge in [0.15, 0.2) is 16.6 Å². The smallest absolute Gasteiger partial charge is 0.315 e. The molecule has 0 aromatic carbocycles. The minimum atomic E-state index is -2.07. The second-order valence-electron chi connectivity index (χ2n) is 7.42. The Labute approximate surface area is 147 Å². The first kappa shape index (κ1) is 34.2. The molecule has 0 heterocycles. The van der Waals surface area contributed by atoms with E-state index >= 15 is 0 Å². The van der Waals surface area contributed by atoms with Crippen LogP contribution in [0.1, 0.15) is 36.6 Å². The van der Waals surface area contributed by atoms with E-state index < -0.39 is 33.8 Å². The van der Waals surface area contributed by atoms with Gasteiger partial charge in [-0.1, -0.05) is 36.6 Å². The zero-order valence-electron chi connectivity index (χ0n) is 13.9. The molecule has 0 aromatic heterocycles. The lowest BCUT2D eigenvalue weighted by atomic mass is 11.0. The van der Waals surface area contributed by atoms with Gasteiger partial charge < -0.3 is 12.3 Å². The highest BCUT2D eigenvalue weighted by molar-refractivity contribution is 6.89. The number of rotatable bonds is 7. The maximum Gasteiger partial charge on any atom is 0.315 e. The van der Waals surface area contributed by atoms with Gasteiger partial charge in [0, 0.05) is 0 Å². The Hall–Kier alpha value is 0.748. The fraction of sp³-hybridized carbons (Fsp3) is 1.00. The van der Waals surface area contributed by atoms with E-state index in [1.54, 1.807) is 0 Å². The predicted molar refractivity (Wildman–Crippen MR) is 116 cm³/mol. The van der Waals surface area contributed by atoms with Crippen molar-refractivity contribution in [1.29, 1.82) is 0 Å². The quantitative estimate of drug-likeness (QED) is 0.437. The lowest BCUT2D eigenvalue weighted by Gasteiger charge is -2.40. The first-order chi connectivity index (χ1) is 7.68. The van der Waals surface area contributed by atoms with Gasteiger partial charge >= 0.3 is 17.1 Å². The van der Waals surface area contributed by atoms with Crippen LogP contribution in [0.15, 0.2) is 0 Å². The molecular formula is C15H48O3Si4. The summed E-state index contributed by atoms with van der Waals surface area (Å²) >= 11 is 0. The molecule has 1 atom stereocenters. The molecule has 0 bridgehead atoms. The molecule has 0 aromatic rings. The maximum atomic E-state index is 6.43.